The summed E-state index contributed by atoms with van der Waals surface area (Å²) in [5, 5.41) is 20.7. The third kappa shape index (κ3) is 0.802. The second kappa shape index (κ2) is 2.75. The Balaban J connectivity index is 2.04. The second-order valence-electron chi connectivity index (χ2n) is 5.75. The Morgan fingerprint density at radius 2 is 2.22 bits per heavy atom. The number of aromatic hydroxyl groups is 1. The lowest BCUT2D eigenvalue weighted by atomic mass is 9.78. The molecule has 1 aromatic rings. The number of hydrogen-bond acceptors (Lipinski definition) is 3. The molecule has 0 radical (unpaired) electrons. The van der Waals surface area contributed by atoms with Crippen LogP contribution in [0.1, 0.15) is 30.4 Å². The highest BCUT2D eigenvalue weighted by Gasteiger charge is 2.80. The highest BCUT2D eigenvalue weighted by atomic mass is 16.5. The SMILES string of the molecule is C=C1C2(O)CCCC3Oc4c(O)ccc(C)c4C132. The predicted octanol–water partition coefficient (Wildman–Crippen LogP) is 2.18. The summed E-state index contributed by atoms with van der Waals surface area (Å²) in [5.74, 6) is 0.723. The summed E-state index contributed by atoms with van der Waals surface area (Å²) in [6.07, 6.45) is 2.54. The van der Waals surface area contributed by atoms with Crippen LogP contribution < -0.4 is 4.74 Å². The molecule has 0 saturated heterocycles. The number of aliphatic hydroxyl groups is 1. The first kappa shape index (κ1) is 10.4. The van der Waals surface area contributed by atoms with Gasteiger partial charge in [0.2, 0.25) is 0 Å². The largest absolute Gasteiger partial charge is 0.504 e. The van der Waals surface area contributed by atoms with Crippen molar-refractivity contribution in [2.45, 2.75) is 43.3 Å². The summed E-state index contributed by atoms with van der Waals surface area (Å²) in [5.41, 5.74) is 1.61. The summed E-state index contributed by atoms with van der Waals surface area (Å²) in [6.45, 7) is 6.07. The zero-order chi connectivity index (χ0) is 12.7. The number of benzene rings is 1. The van der Waals surface area contributed by atoms with Crippen LogP contribution in [0, 0.1) is 6.92 Å². The normalized spacial score (nSPS) is 39.7. The lowest BCUT2D eigenvalue weighted by Gasteiger charge is -2.27. The fraction of sp³-hybridized carbons (Fsp3) is 0.467. The maximum atomic E-state index is 10.8. The molecule has 3 atom stereocenters. The van der Waals surface area contributed by atoms with Crippen LogP contribution in [0.25, 0.3) is 0 Å². The predicted molar refractivity (Wildman–Crippen MR) is 66.9 cm³/mol. The molecule has 3 heteroatoms. The van der Waals surface area contributed by atoms with Crippen LogP contribution in [-0.2, 0) is 5.41 Å². The molecule has 3 aliphatic rings. The van der Waals surface area contributed by atoms with Crippen LogP contribution in [-0.4, -0.2) is 21.9 Å². The minimum atomic E-state index is -0.820. The first-order chi connectivity index (χ1) is 8.53. The monoisotopic (exact) mass is 244 g/mol. The van der Waals surface area contributed by atoms with Crippen molar-refractivity contribution in [2.24, 2.45) is 0 Å². The zero-order valence-corrected chi connectivity index (χ0v) is 10.4. The number of phenolic OH excluding ortho intramolecular Hbond substituents is 1. The quantitative estimate of drug-likeness (QED) is 0.688. The van der Waals surface area contributed by atoms with Crippen molar-refractivity contribution in [1.29, 1.82) is 0 Å². The highest BCUT2D eigenvalue weighted by Crippen LogP contribution is 2.74. The molecule has 4 rings (SSSR count). The zero-order valence-electron chi connectivity index (χ0n) is 10.4. The van der Waals surface area contributed by atoms with Crippen LogP contribution in [0.3, 0.4) is 0 Å². The molecule has 1 spiro atoms. The lowest BCUT2D eigenvalue weighted by molar-refractivity contribution is 0.0439. The maximum absolute atomic E-state index is 10.8. The van der Waals surface area contributed by atoms with Crippen molar-refractivity contribution in [2.75, 3.05) is 0 Å². The molecular weight excluding hydrogens is 228 g/mol. The van der Waals surface area contributed by atoms with E-state index < -0.39 is 11.0 Å². The van der Waals surface area contributed by atoms with E-state index in [4.69, 9.17) is 4.74 Å². The molecule has 0 bridgehead atoms. The van der Waals surface area contributed by atoms with Crippen LogP contribution in [0.2, 0.25) is 0 Å². The molecule has 0 amide bonds. The van der Waals surface area contributed by atoms with Gasteiger partial charge in [-0.15, -0.1) is 0 Å². The van der Waals surface area contributed by atoms with Gasteiger partial charge in [-0.3, -0.25) is 0 Å². The standard InChI is InChI=1S/C15H16O3/c1-8-5-6-10(16)13-12(8)15-9(2)14(15,17)7-3-4-11(15)18-13/h5-6,11,16-17H,2-4,7H2,1H3. The van der Waals surface area contributed by atoms with E-state index in [-0.39, 0.29) is 11.9 Å². The molecule has 3 unspecified atom stereocenters. The maximum Gasteiger partial charge on any atom is 0.166 e. The van der Waals surface area contributed by atoms with E-state index in [0.717, 1.165) is 36.0 Å². The molecule has 2 fully saturated rings. The van der Waals surface area contributed by atoms with Gasteiger partial charge in [0.1, 0.15) is 11.7 Å². The lowest BCUT2D eigenvalue weighted by Crippen LogP contribution is -2.38. The number of rotatable bonds is 0. The van der Waals surface area contributed by atoms with Gasteiger partial charge in [0.25, 0.3) is 0 Å². The van der Waals surface area contributed by atoms with Crippen molar-refractivity contribution < 1.29 is 14.9 Å². The minimum Gasteiger partial charge on any atom is -0.504 e. The Bertz CT molecular complexity index is 592. The summed E-state index contributed by atoms with van der Waals surface area (Å²) in [4.78, 5) is 0. The van der Waals surface area contributed by atoms with Gasteiger partial charge in [-0.1, -0.05) is 12.6 Å². The van der Waals surface area contributed by atoms with Crippen LogP contribution in [0.15, 0.2) is 24.3 Å². The van der Waals surface area contributed by atoms with Gasteiger partial charge in [0.15, 0.2) is 11.5 Å². The van der Waals surface area contributed by atoms with Crippen LogP contribution in [0.5, 0.6) is 11.5 Å². The Morgan fingerprint density at radius 1 is 1.44 bits per heavy atom. The van der Waals surface area contributed by atoms with Gasteiger partial charge in [-0.25, -0.2) is 0 Å². The number of phenols is 1. The third-order valence-corrected chi connectivity index (χ3v) is 5.05. The first-order valence-electron chi connectivity index (χ1n) is 6.45. The van der Waals surface area contributed by atoms with Gasteiger partial charge in [0.05, 0.1) is 5.41 Å². The van der Waals surface area contributed by atoms with E-state index in [9.17, 15) is 10.2 Å². The molecule has 2 N–H and O–H groups in total. The molecule has 2 saturated carbocycles. The highest BCUT2D eigenvalue weighted by molar-refractivity contribution is 5.73. The molecule has 3 nitrogen and oxygen atoms in total. The van der Waals surface area contributed by atoms with Gasteiger partial charge < -0.3 is 14.9 Å². The van der Waals surface area contributed by atoms with E-state index in [2.05, 4.69) is 6.58 Å². The average Bonchev–Trinajstić information content (AvgIpc) is 2.72. The number of aryl methyl sites for hydroxylation is 1. The van der Waals surface area contributed by atoms with E-state index in [1.807, 2.05) is 13.0 Å². The molecule has 0 aromatic heterocycles. The topological polar surface area (TPSA) is 49.7 Å². The minimum absolute atomic E-state index is 0.0641. The van der Waals surface area contributed by atoms with Gasteiger partial charge >= 0.3 is 0 Å². The fourth-order valence-electron chi connectivity index (χ4n) is 4.19. The van der Waals surface area contributed by atoms with Crippen LogP contribution >= 0.6 is 0 Å². The second-order valence-corrected chi connectivity index (χ2v) is 5.75. The summed E-state index contributed by atoms with van der Waals surface area (Å²) < 4.78 is 5.93. The number of ether oxygens (including phenoxy) is 1. The fourth-order valence-corrected chi connectivity index (χ4v) is 4.19. The van der Waals surface area contributed by atoms with Crippen molar-refractivity contribution in [1.82, 2.24) is 0 Å². The van der Waals surface area contributed by atoms with E-state index in [1.165, 1.54) is 0 Å². The van der Waals surface area contributed by atoms with E-state index >= 15 is 0 Å². The van der Waals surface area contributed by atoms with Gasteiger partial charge in [-0.2, -0.15) is 0 Å². The van der Waals surface area contributed by atoms with E-state index in [1.54, 1.807) is 6.07 Å². The Kier molecular flexibility index (Phi) is 1.59. The Hall–Kier alpha value is -1.48. The van der Waals surface area contributed by atoms with E-state index in [0.29, 0.717) is 5.75 Å². The number of hydrogen-bond donors (Lipinski definition) is 2. The Morgan fingerprint density at radius 3 is 3.00 bits per heavy atom. The first-order valence-corrected chi connectivity index (χ1v) is 6.45. The molecule has 94 valence electrons. The van der Waals surface area contributed by atoms with Crippen molar-refractivity contribution in [3.05, 3.63) is 35.4 Å². The summed E-state index contributed by atoms with van der Waals surface area (Å²) >= 11 is 0. The van der Waals surface area contributed by atoms with Crippen molar-refractivity contribution >= 4 is 0 Å². The molecular formula is C15H16O3. The van der Waals surface area contributed by atoms with Crippen molar-refractivity contribution in [3.8, 4) is 11.5 Å². The molecule has 1 aromatic carbocycles. The van der Waals surface area contributed by atoms with Gasteiger partial charge in [-0.05, 0) is 43.4 Å². The Labute approximate surface area is 106 Å². The molecule has 2 aliphatic carbocycles. The third-order valence-electron chi connectivity index (χ3n) is 5.05. The summed E-state index contributed by atoms with van der Waals surface area (Å²) in [6, 6.07) is 3.54. The van der Waals surface area contributed by atoms with Crippen molar-refractivity contribution in [3.63, 3.8) is 0 Å². The molecule has 1 heterocycles. The summed E-state index contributed by atoms with van der Waals surface area (Å²) in [7, 11) is 0. The molecule has 18 heavy (non-hydrogen) atoms. The van der Waals surface area contributed by atoms with Gasteiger partial charge in [0, 0.05) is 5.56 Å². The van der Waals surface area contributed by atoms with Crippen LogP contribution in [0.4, 0.5) is 0 Å². The average molecular weight is 244 g/mol. The smallest absolute Gasteiger partial charge is 0.166 e. The number of fused-ring (bicyclic) bond motifs is 1. The molecule has 1 aliphatic heterocycles.